The maximum absolute atomic E-state index is 11.7. The molecule has 31 heavy (non-hydrogen) atoms. The fourth-order valence-corrected chi connectivity index (χ4v) is 3.48. The van der Waals surface area contributed by atoms with E-state index in [1.54, 1.807) is 0 Å². The van der Waals surface area contributed by atoms with Crippen LogP contribution in [0.25, 0.3) is 0 Å². The van der Waals surface area contributed by atoms with Crippen molar-refractivity contribution < 1.29 is 29.2 Å². The van der Waals surface area contributed by atoms with Crippen LogP contribution in [0.1, 0.15) is 104 Å². The van der Waals surface area contributed by atoms with Gasteiger partial charge in [0.05, 0.1) is 19.8 Å². The number of aliphatic hydroxyl groups excluding tert-OH is 2. The molecule has 0 amide bonds. The molecule has 0 aromatic carbocycles. The topological polar surface area (TPSA) is 85.2 Å². The van der Waals surface area contributed by atoms with Gasteiger partial charge in [0, 0.05) is 13.5 Å². The molecule has 0 aromatic heterocycles. The van der Waals surface area contributed by atoms with Crippen LogP contribution in [0, 0.1) is 5.92 Å². The second kappa shape index (κ2) is 22.5. The Morgan fingerprint density at radius 1 is 0.677 bits per heavy atom. The summed E-state index contributed by atoms with van der Waals surface area (Å²) in [4.78, 5) is 11.7. The molecule has 2 unspecified atom stereocenters. The Kier molecular flexibility index (Phi) is 22.0. The van der Waals surface area contributed by atoms with Crippen LogP contribution in [-0.2, 0) is 19.0 Å². The fourth-order valence-electron chi connectivity index (χ4n) is 3.48. The van der Waals surface area contributed by atoms with Crippen molar-refractivity contribution >= 4 is 5.97 Å². The van der Waals surface area contributed by atoms with Gasteiger partial charge >= 0.3 is 5.97 Å². The number of hydrogen-bond acceptors (Lipinski definition) is 6. The van der Waals surface area contributed by atoms with E-state index in [0.717, 1.165) is 18.8 Å². The molecule has 0 spiro atoms. The SMILES string of the molecule is COCC(O)COCC(O)COC(=O)CCCCCCCCCCCCCCC(C)C. The zero-order valence-electron chi connectivity index (χ0n) is 20.5. The molecule has 6 heteroatoms. The van der Waals surface area contributed by atoms with Crippen LogP contribution in [0.3, 0.4) is 0 Å². The molecule has 0 aliphatic heterocycles. The molecule has 0 bridgehead atoms. The third-order valence-corrected chi connectivity index (χ3v) is 5.33. The van der Waals surface area contributed by atoms with Crippen molar-refractivity contribution in [3.63, 3.8) is 0 Å². The van der Waals surface area contributed by atoms with Gasteiger partial charge in [-0.1, -0.05) is 90.9 Å². The van der Waals surface area contributed by atoms with Crippen molar-refractivity contribution in [3.05, 3.63) is 0 Å². The van der Waals surface area contributed by atoms with E-state index in [1.165, 1.54) is 77.7 Å². The summed E-state index contributed by atoms with van der Waals surface area (Å²) in [5.74, 6) is 0.573. The number of rotatable bonds is 23. The van der Waals surface area contributed by atoms with Gasteiger partial charge in [0.1, 0.15) is 18.8 Å². The highest BCUT2D eigenvalue weighted by molar-refractivity contribution is 5.69. The minimum absolute atomic E-state index is 0.0200. The Hall–Kier alpha value is -0.690. The first-order chi connectivity index (χ1) is 15.0. The van der Waals surface area contributed by atoms with Crippen molar-refractivity contribution in [2.75, 3.05) is 33.5 Å². The van der Waals surface area contributed by atoms with Crippen LogP contribution in [0.4, 0.5) is 0 Å². The Balaban J connectivity index is 3.32. The predicted molar refractivity (Wildman–Crippen MR) is 125 cm³/mol. The van der Waals surface area contributed by atoms with Crippen LogP contribution in [0.2, 0.25) is 0 Å². The van der Waals surface area contributed by atoms with Crippen LogP contribution in [-0.4, -0.2) is 61.9 Å². The minimum atomic E-state index is -0.876. The quantitative estimate of drug-likeness (QED) is 0.169. The molecule has 0 aromatic rings. The number of ether oxygens (including phenoxy) is 3. The first kappa shape index (κ1) is 30.3. The molecule has 0 heterocycles. The zero-order valence-corrected chi connectivity index (χ0v) is 20.5. The molecule has 0 aliphatic carbocycles. The van der Waals surface area contributed by atoms with Crippen LogP contribution < -0.4 is 0 Å². The highest BCUT2D eigenvalue weighted by atomic mass is 16.6. The molecule has 0 fully saturated rings. The highest BCUT2D eigenvalue weighted by Gasteiger charge is 2.11. The first-order valence-electron chi connectivity index (χ1n) is 12.5. The number of carbonyl (C=O) groups is 1. The number of hydrogen-bond donors (Lipinski definition) is 2. The monoisotopic (exact) mass is 446 g/mol. The summed E-state index contributed by atoms with van der Waals surface area (Å²) in [5, 5.41) is 19.2. The molecular formula is C25H50O6. The van der Waals surface area contributed by atoms with Gasteiger partial charge in [-0.05, 0) is 12.3 Å². The molecule has 186 valence electrons. The Labute approximate surface area is 191 Å². The van der Waals surface area contributed by atoms with Gasteiger partial charge in [-0.25, -0.2) is 0 Å². The third kappa shape index (κ3) is 23.8. The molecule has 2 N–H and O–H groups in total. The van der Waals surface area contributed by atoms with E-state index >= 15 is 0 Å². The van der Waals surface area contributed by atoms with Crippen LogP contribution in [0.5, 0.6) is 0 Å². The Bertz CT molecular complexity index is 388. The van der Waals surface area contributed by atoms with E-state index in [4.69, 9.17) is 14.2 Å². The summed E-state index contributed by atoms with van der Waals surface area (Å²) in [7, 11) is 1.50. The molecule has 0 aliphatic rings. The molecule has 0 rings (SSSR count). The average Bonchev–Trinajstić information content (AvgIpc) is 2.72. The largest absolute Gasteiger partial charge is 0.463 e. The van der Waals surface area contributed by atoms with Gasteiger partial charge in [-0.15, -0.1) is 0 Å². The van der Waals surface area contributed by atoms with E-state index in [0.29, 0.717) is 6.42 Å². The van der Waals surface area contributed by atoms with Gasteiger partial charge < -0.3 is 24.4 Å². The highest BCUT2D eigenvalue weighted by Crippen LogP contribution is 2.14. The van der Waals surface area contributed by atoms with Crippen molar-refractivity contribution in [2.24, 2.45) is 5.92 Å². The summed E-state index contributed by atoms with van der Waals surface area (Å²) in [6.07, 6.45) is 15.4. The smallest absolute Gasteiger partial charge is 0.305 e. The fraction of sp³-hybridized carbons (Fsp3) is 0.960. The number of methoxy groups -OCH3 is 1. The van der Waals surface area contributed by atoms with Crippen molar-refractivity contribution in [3.8, 4) is 0 Å². The lowest BCUT2D eigenvalue weighted by molar-refractivity contribution is -0.148. The van der Waals surface area contributed by atoms with Gasteiger partial charge in [0.15, 0.2) is 0 Å². The van der Waals surface area contributed by atoms with Crippen LogP contribution in [0.15, 0.2) is 0 Å². The van der Waals surface area contributed by atoms with Gasteiger partial charge in [-0.2, -0.15) is 0 Å². The lowest BCUT2D eigenvalue weighted by Crippen LogP contribution is -2.27. The lowest BCUT2D eigenvalue weighted by Gasteiger charge is -2.14. The molecule has 0 radical (unpaired) electrons. The lowest BCUT2D eigenvalue weighted by atomic mass is 10.0. The summed E-state index contributed by atoms with van der Waals surface area (Å²) in [6, 6.07) is 0. The van der Waals surface area contributed by atoms with Gasteiger partial charge in [0.2, 0.25) is 0 Å². The second-order valence-corrected chi connectivity index (χ2v) is 9.16. The van der Waals surface area contributed by atoms with Gasteiger partial charge in [-0.3, -0.25) is 4.79 Å². The summed E-state index contributed by atoms with van der Waals surface area (Å²) >= 11 is 0. The second-order valence-electron chi connectivity index (χ2n) is 9.16. The zero-order chi connectivity index (χ0) is 23.2. The number of aliphatic hydroxyl groups is 2. The molecule has 0 saturated heterocycles. The van der Waals surface area contributed by atoms with Gasteiger partial charge in [0.25, 0.3) is 0 Å². The van der Waals surface area contributed by atoms with E-state index in [-0.39, 0.29) is 32.4 Å². The van der Waals surface area contributed by atoms with Crippen molar-refractivity contribution in [1.29, 1.82) is 0 Å². The Morgan fingerprint density at radius 3 is 1.61 bits per heavy atom. The molecule has 2 atom stereocenters. The Morgan fingerprint density at radius 2 is 1.13 bits per heavy atom. The minimum Gasteiger partial charge on any atom is -0.463 e. The molecule has 6 nitrogen and oxygen atoms in total. The normalized spacial score (nSPS) is 13.5. The van der Waals surface area contributed by atoms with Crippen molar-refractivity contribution in [1.82, 2.24) is 0 Å². The standard InChI is InChI=1S/C25H50O6/c1-22(2)16-14-12-10-8-6-4-5-7-9-11-13-15-17-25(28)31-21-24(27)20-30-19-23(26)18-29-3/h22-24,26-27H,4-21H2,1-3H3. The van der Waals surface area contributed by atoms with E-state index in [2.05, 4.69) is 13.8 Å². The van der Waals surface area contributed by atoms with E-state index in [1.807, 2.05) is 0 Å². The number of carbonyl (C=O) groups excluding carboxylic acids is 1. The van der Waals surface area contributed by atoms with E-state index in [9.17, 15) is 15.0 Å². The summed E-state index contributed by atoms with van der Waals surface area (Å²) < 4.78 is 15.0. The third-order valence-electron chi connectivity index (χ3n) is 5.33. The van der Waals surface area contributed by atoms with Crippen molar-refractivity contribution in [2.45, 2.75) is 116 Å². The maximum Gasteiger partial charge on any atom is 0.305 e. The van der Waals surface area contributed by atoms with E-state index < -0.39 is 12.2 Å². The number of unbranched alkanes of at least 4 members (excludes halogenated alkanes) is 11. The summed E-state index contributed by atoms with van der Waals surface area (Å²) in [6.45, 7) is 4.81. The summed E-state index contributed by atoms with van der Waals surface area (Å²) in [5.41, 5.74) is 0. The first-order valence-corrected chi connectivity index (χ1v) is 12.5. The predicted octanol–water partition coefficient (Wildman–Crippen LogP) is 5.03. The average molecular weight is 447 g/mol. The van der Waals surface area contributed by atoms with Crippen LogP contribution >= 0.6 is 0 Å². The molecule has 0 saturated carbocycles. The number of esters is 1. The maximum atomic E-state index is 11.7. The molecular weight excluding hydrogens is 396 g/mol.